The van der Waals surface area contributed by atoms with Crippen molar-refractivity contribution < 1.29 is 18.3 Å². The first-order valence-electron chi connectivity index (χ1n) is 3.64. The van der Waals surface area contributed by atoms with Gasteiger partial charge in [-0.3, -0.25) is 10.2 Å². The fourth-order valence-electron chi connectivity index (χ4n) is 0.969. The molecule has 0 aliphatic heterocycles. The molecule has 0 heterocycles. The maximum Gasteiger partial charge on any atom is 0.265 e. The molecule has 14 heavy (non-hydrogen) atoms. The number of carbonyl (C=O) groups excluding carboxylic acids is 1. The van der Waals surface area contributed by atoms with E-state index in [1.54, 1.807) is 5.43 Å². The molecule has 0 bridgehead atoms. The van der Waals surface area contributed by atoms with E-state index >= 15 is 0 Å². The lowest BCUT2D eigenvalue weighted by Crippen LogP contribution is -2.30. The van der Waals surface area contributed by atoms with Crippen molar-refractivity contribution in [2.24, 2.45) is 5.84 Å². The van der Waals surface area contributed by atoms with Crippen molar-refractivity contribution in [3.05, 3.63) is 29.3 Å². The molecule has 0 radical (unpaired) electrons. The molecule has 1 rings (SSSR count). The van der Waals surface area contributed by atoms with Crippen molar-refractivity contribution in [3.8, 4) is 5.75 Å². The topological polar surface area (TPSA) is 64.3 Å². The van der Waals surface area contributed by atoms with Gasteiger partial charge in [0.1, 0.15) is 0 Å². The molecule has 0 atom stereocenters. The van der Waals surface area contributed by atoms with Crippen LogP contribution < -0.4 is 16.0 Å². The van der Waals surface area contributed by atoms with Crippen LogP contribution in [0, 0.1) is 11.6 Å². The van der Waals surface area contributed by atoms with Crippen molar-refractivity contribution in [2.45, 2.75) is 0 Å². The molecule has 0 spiro atoms. The highest BCUT2D eigenvalue weighted by atomic mass is 19.1. The zero-order chi connectivity index (χ0) is 10.7. The zero-order valence-corrected chi connectivity index (χ0v) is 7.30. The number of ether oxygens (including phenoxy) is 1. The largest absolute Gasteiger partial charge is 0.491 e. The first-order chi connectivity index (χ1) is 6.60. The fourth-order valence-corrected chi connectivity index (χ4v) is 0.969. The minimum atomic E-state index is -0.953. The molecule has 1 amide bonds. The Balaban J connectivity index is 3.20. The van der Waals surface area contributed by atoms with Gasteiger partial charge in [0.2, 0.25) is 0 Å². The van der Waals surface area contributed by atoms with Gasteiger partial charge in [0.25, 0.3) is 5.91 Å². The van der Waals surface area contributed by atoms with Crippen LogP contribution in [0.3, 0.4) is 0 Å². The molecule has 0 aromatic heterocycles. The summed E-state index contributed by atoms with van der Waals surface area (Å²) in [5.74, 6) is 1.59. The van der Waals surface area contributed by atoms with Crippen LogP contribution in [0.15, 0.2) is 12.1 Å². The van der Waals surface area contributed by atoms with Crippen molar-refractivity contribution >= 4 is 5.91 Å². The molecule has 0 saturated heterocycles. The smallest absolute Gasteiger partial charge is 0.265 e. The van der Waals surface area contributed by atoms with Gasteiger partial charge < -0.3 is 4.74 Å². The van der Waals surface area contributed by atoms with Crippen LogP contribution in [0.5, 0.6) is 5.75 Å². The van der Waals surface area contributed by atoms with Crippen LogP contribution >= 0.6 is 0 Å². The number of rotatable bonds is 2. The Kier molecular flexibility index (Phi) is 2.98. The average Bonchev–Trinajstić information content (AvgIpc) is 2.16. The number of nitrogens with two attached hydrogens (primary N) is 1. The van der Waals surface area contributed by atoms with Crippen LogP contribution in [0.4, 0.5) is 8.78 Å². The Morgan fingerprint density at radius 1 is 1.43 bits per heavy atom. The van der Waals surface area contributed by atoms with Crippen molar-refractivity contribution in [1.82, 2.24) is 5.43 Å². The number of benzene rings is 1. The summed E-state index contributed by atoms with van der Waals surface area (Å²) in [6.45, 7) is 0. The van der Waals surface area contributed by atoms with Gasteiger partial charge >= 0.3 is 0 Å². The third-order valence-corrected chi connectivity index (χ3v) is 1.60. The molecule has 0 saturated carbocycles. The highest BCUT2D eigenvalue weighted by Gasteiger charge is 2.14. The highest BCUT2D eigenvalue weighted by molar-refractivity contribution is 5.93. The minimum absolute atomic E-state index is 0.205. The van der Waals surface area contributed by atoms with E-state index < -0.39 is 23.3 Å². The number of methoxy groups -OCH3 is 1. The molecule has 0 fully saturated rings. The van der Waals surface area contributed by atoms with E-state index in [4.69, 9.17) is 5.84 Å². The number of carbonyl (C=O) groups is 1. The third-order valence-electron chi connectivity index (χ3n) is 1.60. The molecule has 1 aromatic rings. The van der Waals surface area contributed by atoms with E-state index in [9.17, 15) is 13.6 Å². The second-order valence-corrected chi connectivity index (χ2v) is 2.45. The number of nitrogen functional groups attached to an aromatic ring is 1. The predicted molar refractivity (Wildman–Crippen MR) is 44.6 cm³/mol. The van der Waals surface area contributed by atoms with Gasteiger partial charge in [0.05, 0.1) is 7.11 Å². The summed E-state index contributed by atoms with van der Waals surface area (Å²) in [4.78, 5) is 10.9. The van der Waals surface area contributed by atoms with Crippen molar-refractivity contribution in [2.75, 3.05) is 7.11 Å². The van der Waals surface area contributed by atoms with Gasteiger partial charge in [-0.05, 0) is 12.1 Å². The molecule has 0 aliphatic carbocycles. The molecule has 4 nitrogen and oxygen atoms in total. The van der Waals surface area contributed by atoms with E-state index in [0.29, 0.717) is 0 Å². The maximum absolute atomic E-state index is 13.0. The van der Waals surface area contributed by atoms with E-state index in [1.165, 1.54) is 0 Å². The second-order valence-electron chi connectivity index (χ2n) is 2.45. The first-order valence-corrected chi connectivity index (χ1v) is 3.64. The summed E-state index contributed by atoms with van der Waals surface area (Å²) in [6, 6.07) is 1.67. The van der Waals surface area contributed by atoms with Crippen LogP contribution in [0.25, 0.3) is 0 Å². The second kappa shape index (κ2) is 4.01. The van der Waals surface area contributed by atoms with Gasteiger partial charge in [-0.1, -0.05) is 0 Å². The summed E-state index contributed by atoms with van der Waals surface area (Å²) in [5, 5.41) is 0. The van der Waals surface area contributed by atoms with Crippen LogP contribution in [0.1, 0.15) is 10.4 Å². The minimum Gasteiger partial charge on any atom is -0.491 e. The van der Waals surface area contributed by atoms with Crippen molar-refractivity contribution in [1.29, 1.82) is 0 Å². The summed E-state index contributed by atoms with van der Waals surface area (Å²) < 4.78 is 30.5. The Morgan fingerprint density at radius 3 is 2.29 bits per heavy atom. The molecule has 3 N–H and O–H groups in total. The number of amides is 1. The van der Waals surface area contributed by atoms with Gasteiger partial charge in [-0.2, -0.15) is 0 Å². The molecule has 76 valence electrons. The number of halogens is 2. The third kappa shape index (κ3) is 1.80. The summed E-state index contributed by atoms with van der Waals surface area (Å²) >= 11 is 0. The van der Waals surface area contributed by atoms with E-state index in [-0.39, 0.29) is 5.56 Å². The van der Waals surface area contributed by atoms with Gasteiger partial charge in [-0.25, -0.2) is 14.6 Å². The van der Waals surface area contributed by atoms with Crippen LogP contribution in [0.2, 0.25) is 0 Å². The Hall–Kier alpha value is -1.69. The monoisotopic (exact) mass is 202 g/mol. The maximum atomic E-state index is 13.0. The van der Waals surface area contributed by atoms with E-state index in [0.717, 1.165) is 19.2 Å². The van der Waals surface area contributed by atoms with E-state index in [1.807, 2.05) is 0 Å². The zero-order valence-electron chi connectivity index (χ0n) is 7.30. The summed E-state index contributed by atoms with van der Waals surface area (Å²) in [6.07, 6.45) is 0. The Labute approximate surface area is 78.6 Å². The standard InChI is InChI=1S/C8H8F2N2O2/c1-14-7-5(9)2-4(3-6(7)10)8(13)12-11/h2-3H,11H2,1H3,(H,12,13). The Morgan fingerprint density at radius 2 is 1.93 bits per heavy atom. The highest BCUT2D eigenvalue weighted by Crippen LogP contribution is 2.22. The number of hydrogen-bond acceptors (Lipinski definition) is 3. The lowest BCUT2D eigenvalue weighted by Gasteiger charge is -2.05. The molecule has 6 heteroatoms. The van der Waals surface area contributed by atoms with Crippen LogP contribution in [-0.2, 0) is 0 Å². The lowest BCUT2D eigenvalue weighted by molar-refractivity contribution is 0.0952. The Bertz CT molecular complexity index is 345. The summed E-state index contributed by atoms with van der Waals surface area (Å²) in [7, 11) is 1.13. The molecule has 0 unspecified atom stereocenters. The number of hydrogen-bond donors (Lipinski definition) is 2. The van der Waals surface area contributed by atoms with Gasteiger partial charge in [0, 0.05) is 5.56 Å². The van der Waals surface area contributed by atoms with Crippen molar-refractivity contribution in [3.63, 3.8) is 0 Å². The SMILES string of the molecule is COc1c(F)cc(C(=O)NN)cc1F. The molecular weight excluding hydrogens is 194 g/mol. The predicted octanol–water partition coefficient (Wildman–Crippen LogP) is 0.577. The van der Waals surface area contributed by atoms with Gasteiger partial charge in [-0.15, -0.1) is 0 Å². The summed E-state index contributed by atoms with van der Waals surface area (Å²) in [5.41, 5.74) is 1.55. The molecular formula is C8H8F2N2O2. The fraction of sp³-hybridized carbons (Fsp3) is 0.125. The number of hydrazine groups is 1. The average molecular weight is 202 g/mol. The van der Waals surface area contributed by atoms with E-state index in [2.05, 4.69) is 4.74 Å². The van der Waals surface area contributed by atoms with Crippen LogP contribution in [-0.4, -0.2) is 13.0 Å². The normalized spacial score (nSPS) is 9.71. The quantitative estimate of drug-likeness (QED) is 0.419. The molecule has 0 aliphatic rings. The first kappa shape index (κ1) is 10.4. The number of nitrogens with one attached hydrogen (secondary N) is 1. The molecule has 1 aromatic carbocycles. The lowest BCUT2D eigenvalue weighted by atomic mass is 10.2. The van der Waals surface area contributed by atoms with Gasteiger partial charge in [0.15, 0.2) is 17.4 Å².